The van der Waals surface area contributed by atoms with Crippen molar-refractivity contribution in [2.45, 2.75) is 18.4 Å². The summed E-state index contributed by atoms with van der Waals surface area (Å²) >= 11 is 1.41. The summed E-state index contributed by atoms with van der Waals surface area (Å²) in [6.45, 7) is 2.04. The fourth-order valence-electron chi connectivity index (χ4n) is 2.72. The largest absolute Gasteiger partial charge is 0.495 e. The van der Waals surface area contributed by atoms with E-state index >= 15 is 0 Å². The van der Waals surface area contributed by atoms with Crippen LogP contribution in [0.5, 0.6) is 5.75 Å². The van der Waals surface area contributed by atoms with Gasteiger partial charge in [-0.25, -0.2) is 4.98 Å². The highest BCUT2D eigenvalue weighted by atomic mass is 32.2. The van der Waals surface area contributed by atoms with Crippen LogP contribution in [-0.2, 0) is 4.79 Å². The van der Waals surface area contributed by atoms with Crippen LogP contribution in [-0.4, -0.2) is 23.8 Å². The van der Waals surface area contributed by atoms with Gasteiger partial charge in [0.15, 0.2) is 0 Å². The molecule has 146 valence electrons. The number of rotatable bonds is 7. The van der Waals surface area contributed by atoms with Crippen molar-refractivity contribution in [3.8, 4) is 23.1 Å². The monoisotopic (exact) mass is 403 g/mol. The van der Waals surface area contributed by atoms with Gasteiger partial charge in [-0.15, -0.1) is 11.8 Å². The lowest BCUT2D eigenvalue weighted by atomic mass is 10.1. The van der Waals surface area contributed by atoms with Gasteiger partial charge in [-0.05, 0) is 31.2 Å². The molecule has 0 fully saturated rings. The first kappa shape index (κ1) is 20.4. The number of benzene rings is 2. The van der Waals surface area contributed by atoms with Gasteiger partial charge in [0.1, 0.15) is 16.8 Å². The fraction of sp³-hybridized carbons (Fsp3) is 0.174. The maximum Gasteiger partial charge on any atom is 0.225 e. The standard InChI is InChI=1S/C23H21N3O2S/c1-16-7-9-17(10-8-16)19-12-11-18(15-24)23(26-19)29-14-13-22(27)25-20-5-3-4-6-21(20)28-2/h3-12H,13-14H2,1-2H3,(H,25,27). The van der Waals surface area contributed by atoms with Crippen molar-refractivity contribution in [2.75, 3.05) is 18.2 Å². The summed E-state index contributed by atoms with van der Waals surface area (Å²) in [6, 6.07) is 21.2. The molecule has 0 unspecified atom stereocenters. The minimum absolute atomic E-state index is 0.116. The van der Waals surface area contributed by atoms with Crippen molar-refractivity contribution in [1.82, 2.24) is 4.98 Å². The number of hydrogen-bond acceptors (Lipinski definition) is 5. The normalized spacial score (nSPS) is 10.2. The fourth-order valence-corrected chi connectivity index (χ4v) is 3.63. The van der Waals surface area contributed by atoms with Gasteiger partial charge in [0.05, 0.1) is 24.1 Å². The molecule has 0 aliphatic heterocycles. The van der Waals surface area contributed by atoms with Crippen molar-refractivity contribution in [1.29, 1.82) is 5.26 Å². The minimum Gasteiger partial charge on any atom is -0.495 e. The number of thioether (sulfide) groups is 1. The second-order valence-electron chi connectivity index (χ2n) is 6.37. The van der Waals surface area contributed by atoms with Crippen LogP contribution in [0.15, 0.2) is 65.7 Å². The van der Waals surface area contributed by atoms with Crippen LogP contribution < -0.4 is 10.1 Å². The van der Waals surface area contributed by atoms with E-state index in [1.165, 1.54) is 17.3 Å². The SMILES string of the molecule is COc1ccccc1NC(=O)CCSc1nc(-c2ccc(C)cc2)ccc1C#N. The Kier molecular flexibility index (Phi) is 6.88. The van der Waals surface area contributed by atoms with Crippen molar-refractivity contribution in [3.05, 3.63) is 71.8 Å². The third-order valence-electron chi connectivity index (χ3n) is 4.28. The highest BCUT2D eigenvalue weighted by Crippen LogP contribution is 2.27. The molecule has 2 aromatic carbocycles. The Bertz CT molecular complexity index is 1040. The summed E-state index contributed by atoms with van der Waals surface area (Å²) in [4.78, 5) is 16.9. The van der Waals surface area contributed by atoms with Crippen molar-refractivity contribution in [3.63, 3.8) is 0 Å². The summed E-state index contributed by atoms with van der Waals surface area (Å²) in [5.74, 6) is 1.02. The van der Waals surface area contributed by atoms with E-state index in [-0.39, 0.29) is 5.91 Å². The number of carbonyl (C=O) groups is 1. The molecule has 0 atom stereocenters. The number of nitriles is 1. The molecule has 5 nitrogen and oxygen atoms in total. The lowest BCUT2D eigenvalue weighted by molar-refractivity contribution is -0.115. The Balaban J connectivity index is 1.65. The summed E-state index contributed by atoms with van der Waals surface area (Å²) < 4.78 is 5.25. The molecule has 3 aromatic rings. The number of ether oxygens (including phenoxy) is 1. The highest BCUT2D eigenvalue weighted by Gasteiger charge is 2.11. The maximum atomic E-state index is 12.3. The number of nitrogens with one attached hydrogen (secondary N) is 1. The lowest BCUT2D eigenvalue weighted by Crippen LogP contribution is -2.13. The molecule has 0 bridgehead atoms. The molecule has 1 aromatic heterocycles. The van der Waals surface area contributed by atoms with E-state index in [0.29, 0.717) is 34.2 Å². The van der Waals surface area contributed by atoms with Gasteiger partial charge in [-0.1, -0.05) is 42.0 Å². The number of carbonyl (C=O) groups excluding carboxylic acids is 1. The Morgan fingerprint density at radius 2 is 1.90 bits per heavy atom. The number of aryl methyl sites for hydroxylation is 1. The average molecular weight is 404 g/mol. The minimum atomic E-state index is -0.116. The first-order valence-corrected chi connectivity index (χ1v) is 10.1. The lowest BCUT2D eigenvalue weighted by Gasteiger charge is -2.10. The molecule has 6 heteroatoms. The first-order valence-electron chi connectivity index (χ1n) is 9.14. The van der Waals surface area contributed by atoms with Gasteiger partial charge in [-0.2, -0.15) is 5.26 Å². The Hall–Kier alpha value is -3.30. The van der Waals surface area contributed by atoms with Gasteiger partial charge in [0.25, 0.3) is 0 Å². The van der Waals surface area contributed by atoms with Crippen LogP contribution >= 0.6 is 11.8 Å². The summed E-state index contributed by atoms with van der Waals surface area (Å²) in [6.07, 6.45) is 0.296. The Labute approximate surface area is 174 Å². The molecule has 0 aliphatic rings. The number of amides is 1. The van der Waals surface area contributed by atoms with Gasteiger partial charge in [-0.3, -0.25) is 4.79 Å². The van der Waals surface area contributed by atoms with Crippen LogP contribution in [0.1, 0.15) is 17.5 Å². The van der Waals surface area contributed by atoms with Crippen LogP contribution in [0, 0.1) is 18.3 Å². The zero-order valence-electron chi connectivity index (χ0n) is 16.3. The number of pyridine rings is 1. The van der Waals surface area contributed by atoms with E-state index in [1.807, 2.05) is 49.4 Å². The molecule has 0 radical (unpaired) electrons. The molecule has 0 spiro atoms. The third-order valence-corrected chi connectivity index (χ3v) is 5.27. The average Bonchev–Trinajstić information content (AvgIpc) is 2.74. The Morgan fingerprint density at radius 3 is 2.62 bits per heavy atom. The molecule has 0 aliphatic carbocycles. The van der Waals surface area contributed by atoms with Crippen LogP contribution in [0.25, 0.3) is 11.3 Å². The van der Waals surface area contributed by atoms with Crippen molar-refractivity contribution >= 4 is 23.4 Å². The summed E-state index contributed by atoms with van der Waals surface area (Å²) in [5, 5.41) is 12.9. The zero-order chi connectivity index (χ0) is 20.6. The van der Waals surface area contributed by atoms with Gasteiger partial charge in [0.2, 0.25) is 5.91 Å². The van der Waals surface area contributed by atoms with E-state index < -0.39 is 0 Å². The van der Waals surface area contributed by atoms with E-state index in [9.17, 15) is 10.1 Å². The molecule has 1 heterocycles. The van der Waals surface area contributed by atoms with Crippen LogP contribution in [0.2, 0.25) is 0 Å². The summed E-state index contributed by atoms with van der Waals surface area (Å²) in [5.41, 5.74) is 4.14. The first-order chi connectivity index (χ1) is 14.1. The molecule has 1 amide bonds. The molecule has 3 rings (SSSR count). The number of methoxy groups -OCH3 is 1. The highest BCUT2D eigenvalue weighted by molar-refractivity contribution is 7.99. The second-order valence-corrected chi connectivity index (χ2v) is 7.46. The third kappa shape index (κ3) is 5.37. The number of para-hydroxylation sites is 2. The molecular weight excluding hydrogens is 382 g/mol. The van der Waals surface area contributed by atoms with Gasteiger partial charge >= 0.3 is 0 Å². The Morgan fingerprint density at radius 1 is 1.14 bits per heavy atom. The van der Waals surface area contributed by atoms with E-state index in [4.69, 9.17) is 4.74 Å². The van der Waals surface area contributed by atoms with Gasteiger partial charge < -0.3 is 10.1 Å². The van der Waals surface area contributed by atoms with Crippen molar-refractivity contribution in [2.24, 2.45) is 0 Å². The number of anilines is 1. The topological polar surface area (TPSA) is 75.0 Å². The van der Waals surface area contributed by atoms with Crippen LogP contribution in [0.3, 0.4) is 0 Å². The van der Waals surface area contributed by atoms with Crippen LogP contribution in [0.4, 0.5) is 5.69 Å². The molecule has 0 saturated heterocycles. The molecular formula is C23H21N3O2S. The van der Waals surface area contributed by atoms with Crippen molar-refractivity contribution < 1.29 is 9.53 Å². The smallest absolute Gasteiger partial charge is 0.225 e. The molecule has 29 heavy (non-hydrogen) atoms. The predicted octanol–water partition coefficient (Wildman–Crippen LogP) is 5.06. The number of hydrogen-bond donors (Lipinski definition) is 1. The molecule has 0 saturated carbocycles. The summed E-state index contributed by atoms with van der Waals surface area (Å²) in [7, 11) is 1.57. The van der Waals surface area contributed by atoms with Gasteiger partial charge in [0, 0.05) is 17.7 Å². The predicted molar refractivity (Wildman–Crippen MR) is 116 cm³/mol. The van der Waals surface area contributed by atoms with E-state index in [1.54, 1.807) is 25.3 Å². The second kappa shape index (κ2) is 9.76. The molecule has 1 N–H and O–H groups in total. The number of aromatic nitrogens is 1. The van der Waals surface area contributed by atoms with E-state index in [2.05, 4.69) is 16.4 Å². The number of nitrogens with zero attached hydrogens (tertiary/aromatic N) is 2. The van der Waals surface area contributed by atoms with E-state index in [0.717, 1.165) is 11.3 Å². The zero-order valence-corrected chi connectivity index (χ0v) is 17.1. The maximum absolute atomic E-state index is 12.3. The quantitative estimate of drug-likeness (QED) is 0.558.